The van der Waals surface area contributed by atoms with Crippen molar-refractivity contribution in [3.05, 3.63) is 81.6 Å². The Bertz CT molecular complexity index is 1340. The number of unbranched alkanes of at least 4 members (excludes halogenated alkanes) is 1. The molecule has 2 N–H and O–H groups in total. The summed E-state index contributed by atoms with van der Waals surface area (Å²) in [6.45, 7) is 4.57. The van der Waals surface area contributed by atoms with Crippen molar-refractivity contribution >= 4 is 22.4 Å². The molecule has 0 aliphatic carbocycles. The zero-order chi connectivity index (χ0) is 22.7. The number of aliphatic hydroxyl groups is 1. The highest BCUT2D eigenvalue weighted by Gasteiger charge is 2.19. The summed E-state index contributed by atoms with van der Waals surface area (Å²) in [6, 6.07) is 19.6. The molecule has 32 heavy (non-hydrogen) atoms. The molecule has 4 rings (SSSR count). The Morgan fingerprint density at radius 3 is 2.53 bits per heavy atom. The Morgan fingerprint density at radius 2 is 1.84 bits per heavy atom. The highest BCUT2D eigenvalue weighted by Crippen LogP contribution is 2.24. The number of nitrogens with zero attached hydrogens (tertiary/aromatic N) is 3. The third-order valence-electron chi connectivity index (χ3n) is 5.88. The van der Waals surface area contributed by atoms with Crippen molar-refractivity contribution in [2.75, 3.05) is 11.9 Å². The molecular weight excluding hydrogens is 400 g/mol. The average Bonchev–Trinajstić information content (AvgIpc) is 3.12. The molecule has 4 aromatic rings. The molecule has 0 radical (unpaired) electrons. The van der Waals surface area contributed by atoms with Crippen LogP contribution < -0.4 is 10.9 Å². The number of aryl methyl sites for hydroxylation is 2. The van der Waals surface area contributed by atoms with Gasteiger partial charge in [-0.1, -0.05) is 37.6 Å². The molecule has 0 spiro atoms. The summed E-state index contributed by atoms with van der Waals surface area (Å²) in [5.74, 6) is 0. The number of anilines is 1. The molecule has 0 aliphatic heterocycles. The SMILES string of the molecule is CCCCc1ccc(NC[C@@H](O)Cn2c3ccccc3n3c(=O)cc(C)c(C#N)c23)cc1. The molecule has 2 aromatic heterocycles. The zero-order valence-electron chi connectivity index (χ0n) is 18.5. The van der Waals surface area contributed by atoms with Crippen LogP contribution in [0.1, 0.15) is 36.5 Å². The molecule has 0 saturated heterocycles. The van der Waals surface area contributed by atoms with E-state index in [4.69, 9.17) is 0 Å². The minimum atomic E-state index is -0.712. The predicted molar refractivity (Wildman–Crippen MR) is 128 cm³/mol. The van der Waals surface area contributed by atoms with Gasteiger partial charge in [-0.25, -0.2) is 0 Å². The maximum Gasteiger partial charge on any atom is 0.257 e. The van der Waals surface area contributed by atoms with Gasteiger partial charge >= 0.3 is 0 Å². The number of imidazole rings is 1. The van der Waals surface area contributed by atoms with Crippen molar-refractivity contribution in [3.63, 3.8) is 0 Å². The minimum Gasteiger partial charge on any atom is -0.389 e. The third kappa shape index (κ3) is 4.12. The van der Waals surface area contributed by atoms with E-state index in [0.717, 1.165) is 23.1 Å². The second-order valence-electron chi connectivity index (χ2n) is 8.25. The molecule has 2 heterocycles. The van der Waals surface area contributed by atoms with E-state index in [1.807, 2.05) is 41.0 Å². The summed E-state index contributed by atoms with van der Waals surface area (Å²) in [5.41, 5.74) is 5.24. The van der Waals surface area contributed by atoms with Crippen molar-refractivity contribution in [2.45, 2.75) is 45.8 Å². The van der Waals surface area contributed by atoms with Gasteiger partial charge in [0.25, 0.3) is 5.56 Å². The maximum atomic E-state index is 12.8. The standard InChI is InChI=1S/C26H28N4O2/c1-3-4-7-19-10-12-20(13-11-19)28-16-21(31)17-29-23-8-5-6-9-24(23)30-25(32)14-18(2)22(15-27)26(29)30/h5-6,8-14,21,28,31H,3-4,7,16-17H2,1-2H3/t21-/m1/s1. The van der Waals surface area contributed by atoms with E-state index in [2.05, 4.69) is 30.4 Å². The number of benzene rings is 2. The number of hydrogen-bond acceptors (Lipinski definition) is 4. The molecule has 0 bridgehead atoms. The van der Waals surface area contributed by atoms with E-state index in [1.165, 1.54) is 24.5 Å². The van der Waals surface area contributed by atoms with Crippen LogP contribution in [0, 0.1) is 18.3 Å². The predicted octanol–water partition coefficient (Wildman–Crippen LogP) is 4.25. The molecule has 164 valence electrons. The van der Waals surface area contributed by atoms with Gasteiger partial charge in [0.2, 0.25) is 0 Å². The zero-order valence-corrected chi connectivity index (χ0v) is 18.5. The molecule has 0 saturated carbocycles. The van der Waals surface area contributed by atoms with Crippen molar-refractivity contribution in [3.8, 4) is 6.07 Å². The number of para-hydroxylation sites is 2. The lowest BCUT2D eigenvalue weighted by atomic mass is 10.1. The van der Waals surface area contributed by atoms with Crippen molar-refractivity contribution in [1.29, 1.82) is 5.26 Å². The quantitative estimate of drug-likeness (QED) is 0.440. The van der Waals surface area contributed by atoms with Crippen LogP contribution >= 0.6 is 0 Å². The second kappa shape index (κ2) is 9.29. The van der Waals surface area contributed by atoms with E-state index in [1.54, 1.807) is 11.3 Å². The number of nitrogens with one attached hydrogen (secondary N) is 1. The van der Waals surface area contributed by atoms with Crippen LogP contribution in [0.5, 0.6) is 0 Å². The smallest absolute Gasteiger partial charge is 0.257 e. The number of nitriles is 1. The normalized spacial score (nSPS) is 12.2. The number of fused-ring (bicyclic) bond motifs is 3. The van der Waals surface area contributed by atoms with Gasteiger partial charge in [0.05, 0.1) is 29.2 Å². The highest BCUT2D eigenvalue weighted by molar-refractivity contribution is 5.84. The fourth-order valence-electron chi connectivity index (χ4n) is 4.20. The van der Waals surface area contributed by atoms with E-state index in [9.17, 15) is 15.2 Å². The lowest BCUT2D eigenvalue weighted by molar-refractivity contribution is 0.169. The lowest BCUT2D eigenvalue weighted by Gasteiger charge is -2.16. The van der Waals surface area contributed by atoms with E-state index < -0.39 is 6.10 Å². The van der Waals surface area contributed by atoms with Gasteiger partial charge in [-0.05, 0) is 55.2 Å². The van der Waals surface area contributed by atoms with Crippen LogP contribution in [0.15, 0.2) is 59.4 Å². The summed E-state index contributed by atoms with van der Waals surface area (Å²) in [4.78, 5) is 12.8. The van der Waals surface area contributed by atoms with E-state index in [-0.39, 0.29) is 12.1 Å². The molecule has 6 heteroatoms. The van der Waals surface area contributed by atoms with Crippen molar-refractivity contribution < 1.29 is 5.11 Å². The summed E-state index contributed by atoms with van der Waals surface area (Å²) in [6.07, 6.45) is 2.72. The van der Waals surface area contributed by atoms with Gasteiger partial charge < -0.3 is 15.0 Å². The maximum absolute atomic E-state index is 12.8. The molecule has 6 nitrogen and oxygen atoms in total. The topological polar surface area (TPSA) is 82.5 Å². The first-order valence-corrected chi connectivity index (χ1v) is 11.1. The summed E-state index contributed by atoms with van der Waals surface area (Å²) in [5, 5.41) is 23.9. The molecule has 2 aromatic carbocycles. The van der Waals surface area contributed by atoms with Crippen LogP contribution in [0.2, 0.25) is 0 Å². The second-order valence-corrected chi connectivity index (χ2v) is 8.25. The van der Waals surface area contributed by atoms with Crippen LogP contribution in [0.4, 0.5) is 5.69 Å². The number of pyridine rings is 1. The molecular formula is C26H28N4O2. The fraction of sp³-hybridized carbons (Fsp3) is 0.308. The van der Waals surface area contributed by atoms with Gasteiger partial charge in [0, 0.05) is 18.3 Å². The molecule has 0 fully saturated rings. The first kappa shape index (κ1) is 21.7. The molecule has 0 aliphatic rings. The molecule has 0 amide bonds. The highest BCUT2D eigenvalue weighted by atomic mass is 16.3. The fourth-order valence-corrected chi connectivity index (χ4v) is 4.20. The monoisotopic (exact) mass is 428 g/mol. The molecule has 1 atom stereocenters. The number of rotatable bonds is 8. The van der Waals surface area contributed by atoms with Crippen LogP contribution in [-0.4, -0.2) is 26.7 Å². The minimum absolute atomic E-state index is 0.178. The Morgan fingerprint density at radius 1 is 1.12 bits per heavy atom. The van der Waals surface area contributed by atoms with Gasteiger partial charge in [-0.2, -0.15) is 5.26 Å². The largest absolute Gasteiger partial charge is 0.389 e. The summed E-state index contributed by atoms with van der Waals surface area (Å²) in [7, 11) is 0. The van der Waals surface area contributed by atoms with Crippen molar-refractivity contribution in [2.24, 2.45) is 0 Å². The van der Waals surface area contributed by atoms with Gasteiger partial charge in [-0.15, -0.1) is 0 Å². The number of aromatic nitrogens is 2. The number of aliphatic hydroxyl groups excluding tert-OH is 1. The van der Waals surface area contributed by atoms with E-state index >= 15 is 0 Å². The first-order valence-electron chi connectivity index (χ1n) is 11.1. The van der Waals surface area contributed by atoms with E-state index in [0.29, 0.717) is 23.3 Å². The Balaban J connectivity index is 1.61. The third-order valence-corrected chi connectivity index (χ3v) is 5.88. The van der Waals surface area contributed by atoms with Crippen LogP contribution in [-0.2, 0) is 13.0 Å². The number of hydrogen-bond donors (Lipinski definition) is 2. The first-order chi connectivity index (χ1) is 15.5. The van der Waals surface area contributed by atoms with Gasteiger partial charge in [-0.3, -0.25) is 9.20 Å². The Kier molecular flexibility index (Phi) is 6.29. The average molecular weight is 429 g/mol. The van der Waals surface area contributed by atoms with Crippen molar-refractivity contribution in [1.82, 2.24) is 8.97 Å². The summed E-state index contributed by atoms with van der Waals surface area (Å²) < 4.78 is 3.44. The van der Waals surface area contributed by atoms with Gasteiger partial charge in [0.15, 0.2) is 0 Å². The van der Waals surface area contributed by atoms with Crippen LogP contribution in [0.3, 0.4) is 0 Å². The Labute approximate surface area is 187 Å². The lowest BCUT2D eigenvalue weighted by Crippen LogP contribution is -2.25. The van der Waals surface area contributed by atoms with Gasteiger partial charge in [0.1, 0.15) is 11.7 Å². The summed E-state index contributed by atoms with van der Waals surface area (Å²) >= 11 is 0. The Hall–Kier alpha value is -3.56. The van der Waals surface area contributed by atoms with Crippen LogP contribution in [0.25, 0.3) is 16.7 Å². The molecule has 0 unspecified atom stereocenters.